The Balaban J connectivity index is 1.34. The maximum Gasteiger partial charge on any atom is 0.325 e. The molecule has 1 aromatic carbocycles. The summed E-state index contributed by atoms with van der Waals surface area (Å²) in [5, 5.41) is 2.84. The van der Waals surface area contributed by atoms with Crippen molar-refractivity contribution in [1.29, 1.82) is 0 Å². The zero-order chi connectivity index (χ0) is 19.7. The number of nitrogens with one attached hydrogen (secondary N) is 1. The first kappa shape index (κ1) is 18.7. The SMILES string of the molecule is O=C(CN1C(=O)NC2(CCCCC2)C1=O)N1CCN(c2ccc(F)cc2)CC1. The fourth-order valence-corrected chi connectivity index (χ4v) is 4.42. The molecule has 1 saturated carbocycles. The van der Waals surface area contributed by atoms with Gasteiger partial charge in [-0.3, -0.25) is 14.5 Å². The fraction of sp³-hybridized carbons (Fsp3) is 0.550. The molecule has 0 bridgehead atoms. The number of anilines is 1. The number of carbonyl (C=O) groups is 3. The highest BCUT2D eigenvalue weighted by Gasteiger charge is 2.51. The smallest absolute Gasteiger partial charge is 0.325 e. The number of imide groups is 1. The van der Waals surface area contributed by atoms with E-state index >= 15 is 0 Å². The third-order valence-electron chi connectivity index (χ3n) is 6.07. The van der Waals surface area contributed by atoms with Gasteiger partial charge in [-0.05, 0) is 37.1 Å². The van der Waals surface area contributed by atoms with Gasteiger partial charge < -0.3 is 15.1 Å². The average Bonchev–Trinajstić information content (AvgIpc) is 2.93. The van der Waals surface area contributed by atoms with Crippen LogP contribution in [0.4, 0.5) is 14.9 Å². The van der Waals surface area contributed by atoms with Crippen LogP contribution in [0.25, 0.3) is 0 Å². The number of piperazine rings is 1. The number of nitrogens with zero attached hydrogens (tertiary/aromatic N) is 3. The topological polar surface area (TPSA) is 73.0 Å². The summed E-state index contributed by atoms with van der Waals surface area (Å²) in [6, 6.07) is 5.84. The van der Waals surface area contributed by atoms with Crippen molar-refractivity contribution in [2.45, 2.75) is 37.6 Å². The minimum Gasteiger partial charge on any atom is -0.368 e. The minimum absolute atomic E-state index is 0.205. The molecule has 2 saturated heterocycles. The predicted molar refractivity (Wildman–Crippen MR) is 101 cm³/mol. The summed E-state index contributed by atoms with van der Waals surface area (Å²) in [7, 11) is 0. The van der Waals surface area contributed by atoms with E-state index in [9.17, 15) is 18.8 Å². The molecule has 0 aromatic heterocycles. The Morgan fingerprint density at radius 2 is 1.64 bits per heavy atom. The van der Waals surface area contributed by atoms with Crippen LogP contribution < -0.4 is 10.2 Å². The van der Waals surface area contributed by atoms with E-state index in [4.69, 9.17) is 0 Å². The molecule has 1 N–H and O–H groups in total. The van der Waals surface area contributed by atoms with Crippen LogP contribution >= 0.6 is 0 Å². The third kappa shape index (κ3) is 3.43. The molecular formula is C20H25FN4O3. The van der Waals surface area contributed by atoms with Crippen molar-refractivity contribution in [3.63, 3.8) is 0 Å². The molecule has 0 radical (unpaired) electrons. The molecule has 3 fully saturated rings. The third-order valence-corrected chi connectivity index (χ3v) is 6.07. The van der Waals surface area contributed by atoms with E-state index in [1.54, 1.807) is 17.0 Å². The van der Waals surface area contributed by atoms with Crippen molar-refractivity contribution < 1.29 is 18.8 Å². The van der Waals surface area contributed by atoms with Gasteiger partial charge in [-0.25, -0.2) is 9.18 Å². The average molecular weight is 388 g/mol. The molecule has 4 rings (SSSR count). The molecule has 4 amide bonds. The van der Waals surface area contributed by atoms with Crippen LogP contribution in [0, 0.1) is 5.82 Å². The first-order valence-corrected chi connectivity index (χ1v) is 9.91. The Labute approximate surface area is 163 Å². The van der Waals surface area contributed by atoms with Gasteiger partial charge in [0.25, 0.3) is 5.91 Å². The monoisotopic (exact) mass is 388 g/mol. The summed E-state index contributed by atoms with van der Waals surface area (Å²) in [6.07, 6.45) is 4.21. The zero-order valence-electron chi connectivity index (χ0n) is 15.8. The van der Waals surface area contributed by atoms with Crippen LogP contribution in [0.2, 0.25) is 0 Å². The van der Waals surface area contributed by atoms with E-state index in [0.717, 1.165) is 29.8 Å². The van der Waals surface area contributed by atoms with Crippen molar-refractivity contribution >= 4 is 23.5 Å². The summed E-state index contributed by atoms with van der Waals surface area (Å²) < 4.78 is 13.1. The molecule has 1 spiro atoms. The summed E-state index contributed by atoms with van der Waals surface area (Å²) in [5.41, 5.74) is 0.124. The molecule has 0 unspecified atom stereocenters. The molecule has 1 aromatic rings. The number of urea groups is 1. The lowest BCUT2D eigenvalue weighted by Gasteiger charge is -2.36. The number of rotatable bonds is 3. The van der Waals surface area contributed by atoms with Crippen molar-refractivity contribution in [1.82, 2.24) is 15.1 Å². The van der Waals surface area contributed by atoms with Crippen molar-refractivity contribution in [3.05, 3.63) is 30.1 Å². The van der Waals surface area contributed by atoms with Gasteiger partial charge in [0.05, 0.1) is 0 Å². The van der Waals surface area contributed by atoms with Gasteiger partial charge in [0.15, 0.2) is 0 Å². The van der Waals surface area contributed by atoms with Gasteiger partial charge in [-0.2, -0.15) is 0 Å². The van der Waals surface area contributed by atoms with Gasteiger partial charge in [0, 0.05) is 31.9 Å². The van der Waals surface area contributed by atoms with Gasteiger partial charge in [-0.1, -0.05) is 19.3 Å². The summed E-state index contributed by atoms with van der Waals surface area (Å²) in [5.74, 6) is -0.743. The molecule has 0 atom stereocenters. The number of hydrogen-bond acceptors (Lipinski definition) is 4. The normalized spacial score (nSPS) is 22.0. The molecule has 2 heterocycles. The van der Waals surface area contributed by atoms with E-state index in [2.05, 4.69) is 10.2 Å². The van der Waals surface area contributed by atoms with E-state index in [-0.39, 0.29) is 24.2 Å². The van der Waals surface area contributed by atoms with Crippen molar-refractivity contribution in [3.8, 4) is 0 Å². The summed E-state index contributed by atoms with van der Waals surface area (Å²) in [4.78, 5) is 42.7. The van der Waals surface area contributed by atoms with Crippen LogP contribution in [-0.2, 0) is 9.59 Å². The first-order chi connectivity index (χ1) is 13.5. The number of carbonyl (C=O) groups excluding carboxylic acids is 3. The lowest BCUT2D eigenvalue weighted by atomic mass is 9.82. The first-order valence-electron chi connectivity index (χ1n) is 9.91. The second kappa shape index (κ2) is 7.41. The predicted octanol–water partition coefficient (Wildman–Crippen LogP) is 1.73. The number of halogens is 1. The van der Waals surface area contributed by atoms with E-state index < -0.39 is 11.6 Å². The Morgan fingerprint density at radius 3 is 2.29 bits per heavy atom. The quantitative estimate of drug-likeness (QED) is 0.801. The standard InChI is InChI=1S/C20H25FN4O3/c21-15-4-6-16(7-5-15)23-10-12-24(13-11-23)17(26)14-25-18(27)20(22-19(25)28)8-2-1-3-9-20/h4-7H,1-3,8-14H2,(H,22,28). The molecule has 28 heavy (non-hydrogen) atoms. The zero-order valence-corrected chi connectivity index (χ0v) is 15.8. The molecular weight excluding hydrogens is 363 g/mol. The van der Waals surface area contributed by atoms with Gasteiger partial charge in [0.1, 0.15) is 17.9 Å². The van der Waals surface area contributed by atoms with Crippen LogP contribution in [0.15, 0.2) is 24.3 Å². The highest BCUT2D eigenvalue weighted by molar-refractivity contribution is 6.09. The van der Waals surface area contributed by atoms with Crippen molar-refractivity contribution in [2.75, 3.05) is 37.6 Å². The highest BCUT2D eigenvalue weighted by atomic mass is 19.1. The van der Waals surface area contributed by atoms with Gasteiger partial charge >= 0.3 is 6.03 Å². The van der Waals surface area contributed by atoms with Gasteiger partial charge in [0.2, 0.25) is 5.91 Å². The van der Waals surface area contributed by atoms with E-state index in [0.29, 0.717) is 39.0 Å². The molecule has 150 valence electrons. The molecule has 2 aliphatic heterocycles. The molecule has 7 nitrogen and oxygen atoms in total. The summed E-state index contributed by atoms with van der Waals surface area (Å²) >= 11 is 0. The largest absolute Gasteiger partial charge is 0.368 e. The van der Waals surface area contributed by atoms with Crippen molar-refractivity contribution in [2.24, 2.45) is 0 Å². The Hall–Kier alpha value is -2.64. The Kier molecular flexibility index (Phi) is 4.95. The van der Waals surface area contributed by atoms with Crippen LogP contribution in [-0.4, -0.2) is 65.9 Å². The molecule has 1 aliphatic carbocycles. The lowest BCUT2D eigenvalue weighted by molar-refractivity contribution is -0.139. The van der Waals surface area contributed by atoms with E-state index in [1.165, 1.54) is 12.1 Å². The van der Waals surface area contributed by atoms with Crippen LogP contribution in [0.1, 0.15) is 32.1 Å². The number of amides is 4. The Bertz CT molecular complexity index is 768. The summed E-state index contributed by atoms with van der Waals surface area (Å²) in [6.45, 7) is 2.06. The Morgan fingerprint density at radius 1 is 1.00 bits per heavy atom. The minimum atomic E-state index is -0.795. The second-order valence-electron chi connectivity index (χ2n) is 7.81. The maximum atomic E-state index is 13.1. The second-order valence-corrected chi connectivity index (χ2v) is 7.81. The maximum absolute atomic E-state index is 13.1. The number of benzene rings is 1. The number of hydrogen-bond donors (Lipinski definition) is 1. The van der Waals surface area contributed by atoms with Gasteiger partial charge in [-0.15, -0.1) is 0 Å². The molecule has 3 aliphatic rings. The molecule has 8 heteroatoms. The van der Waals surface area contributed by atoms with E-state index in [1.807, 2.05) is 0 Å². The highest BCUT2D eigenvalue weighted by Crippen LogP contribution is 2.33. The van der Waals surface area contributed by atoms with Crippen LogP contribution in [0.5, 0.6) is 0 Å². The fourth-order valence-electron chi connectivity index (χ4n) is 4.42. The van der Waals surface area contributed by atoms with Crippen LogP contribution in [0.3, 0.4) is 0 Å². The lowest BCUT2D eigenvalue weighted by Crippen LogP contribution is -2.52.